The lowest BCUT2D eigenvalue weighted by atomic mass is 10.2. The van der Waals surface area contributed by atoms with Crippen molar-refractivity contribution < 1.29 is 0 Å². The molecule has 9 heavy (non-hydrogen) atoms. The largest absolute Gasteiger partial charge is 0.262 e. The highest BCUT2D eigenvalue weighted by Crippen LogP contribution is 1.91. The molecule has 0 rings (SSSR count). The van der Waals surface area contributed by atoms with Gasteiger partial charge in [-0.1, -0.05) is 12.7 Å². The van der Waals surface area contributed by atoms with Gasteiger partial charge in [-0.2, -0.15) is 0 Å². The van der Waals surface area contributed by atoms with Crippen molar-refractivity contribution in [3.05, 3.63) is 24.4 Å². The van der Waals surface area contributed by atoms with Crippen LogP contribution < -0.4 is 0 Å². The van der Waals surface area contributed by atoms with Crippen LogP contribution in [0.3, 0.4) is 0 Å². The fourth-order valence-corrected chi connectivity index (χ4v) is 0.297. The summed E-state index contributed by atoms with van der Waals surface area (Å²) in [5, 5.41) is 0. The van der Waals surface area contributed by atoms with Gasteiger partial charge in [0.1, 0.15) is 0 Å². The van der Waals surface area contributed by atoms with E-state index in [0.29, 0.717) is 0 Å². The molecule has 0 N–H and O–H groups in total. The molecule has 0 atom stereocenters. The van der Waals surface area contributed by atoms with Gasteiger partial charge >= 0.3 is 0 Å². The van der Waals surface area contributed by atoms with Gasteiger partial charge < -0.3 is 0 Å². The van der Waals surface area contributed by atoms with Crippen molar-refractivity contribution in [2.45, 2.75) is 20.8 Å². The second kappa shape index (κ2) is 4.07. The van der Waals surface area contributed by atoms with E-state index in [1.54, 1.807) is 6.20 Å². The Bertz CT molecular complexity index is 152. The standard InChI is InChI=1S/C8H13N/c1-5-6-9-8(4)7(2)3/h5-6H,2H2,1,3-4H3/b6-5-,9-8?. The van der Waals surface area contributed by atoms with Crippen molar-refractivity contribution >= 4 is 5.71 Å². The van der Waals surface area contributed by atoms with Crippen molar-refractivity contribution in [2.24, 2.45) is 4.99 Å². The van der Waals surface area contributed by atoms with E-state index in [1.165, 1.54) is 0 Å². The fraction of sp³-hybridized carbons (Fsp3) is 0.375. The molecular formula is C8H13N. The average Bonchev–Trinajstić information content (AvgIpc) is 1.82. The molecule has 0 unspecified atom stereocenters. The summed E-state index contributed by atoms with van der Waals surface area (Å²) in [5.74, 6) is 0. The van der Waals surface area contributed by atoms with Gasteiger partial charge in [0.2, 0.25) is 0 Å². The molecule has 0 radical (unpaired) electrons. The van der Waals surface area contributed by atoms with Crippen molar-refractivity contribution in [1.82, 2.24) is 0 Å². The van der Waals surface area contributed by atoms with Crippen molar-refractivity contribution in [2.75, 3.05) is 0 Å². The second-order valence-electron chi connectivity index (χ2n) is 1.98. The lowest BCUT2D eigenvalue weighted by molar-refractivity contribution is 1.46. The Morgan fingerprint density at radius 1 is 1.44 bits per heavy atom. The van der Waals surface area contributed by atoms with E-state index in [9.17, 15) is 0 Å². The second-order valence-corrected chi connectivity index (χ2v) is 1.98. The topological polar surface area (TPSA) is 12.4 Å². The Balaban J connectivity index is 4.00. The van der Waals surface area contributed by atoms with E-state index in [0.717, 1.165) is 11.3 Å². The molecule has 0 aromatic carbocycles. The van der Waals surface area contributed by atoms with E-state index in [-0.39, 0.29) is 0 Å². The van der Waals surface area contributed by atoms with Gasteiger partial charge in [0.25, 0.3) is 0 Å². The molecule has 1 heteroatoms. The first-order valence-electron chi connectivity index (χ1n) is 3.00. The number of aliphatic imine (C=N–C) groups is 1. The van der Waals surface area contributed by atoms with Crippen molar-refractivity contribution in [1.29, 1.82) is 0 Å². The molecule has 0 bridgehead atoms. The maximum Gasteiger partial charge on any atom is 0.0395 e. The maximum absolute atomic E-state index is 4.08. The Hall–Kier alpha value is -0.850. The number of allylic oxidation sites excluding steroid dienone is 2. The molecule has 0 saturated heterocycles. The van der Waals surface area contributed by atoms with E-state index >= 15 is 0 Å². The van der Waals surface area contributed by atoms with Crippen LogP contribution in [0.4, 0.5) is 0 Å². The summed E-state index contributed by atoms with van der Waals surface area (Å²) < 4.78 is 0. The summed E-state index contributed by atoms with van der Waals surface area (Å²) in [6.45, 7) is 9.58. The Morgan fingerprint density at radius 2 is 2.00 bits per heavy atom. The van der Waals surface area contributed by atoms with Gasteiger partial charge in [-0.05, 0) is 26.3 Å². The molecule has 0 saturated carbocycles. The highest BCUT2D eigenvalue weighted by atomic mass is 14.7. The SMILES string of the molecule is C=C(C)C(C)=N/C=C\C. The van der Waals surface area contributed by atoms with Crippen LogP contribution in [0.25, 0.3) is 0 Å². The van der Waals surface area contributed by atoms with Crippen LogP contribution in [0.1, 0.15) is 20.8 Å². The van der Waals surface area contributed by atoms with Gasteiger partial charge in [0.15, 0.2) is 0 Å². The molecule has 1 nitrogen and oxygen atoms in total. The summed E-state index contributed by atoms with van der Waals surface area (Å²) in [7, 11) is 0. The molecule has 0 amide bonds. The first-order chi connectivity index (χ1) is 4.18. The van der Waals surface area contributed by atoms with Gasteiger partial charge in [-0.15, -0.1) is 0 Å². The molecular weight excluding hydrogens is 110 g/mol. The van der Waals surface area contributed by atoms with Crippen LogP contribution in [0, 0.1) is 0 Å². The van der Waals surface area contributed by atoms with Gasteiger partial charge in [0, 0.05) is 11.9 Å². The number of hydrogen-bond donors (Lipinski definition) is 0. The smallest absolute Gasteiger partial charge is 0.0395 e. The third-order valence-corrected chi connectivity index (χ3v) is 1.03. The molecule has 0 heterocycles. The highest BCUT2D eigenvalue weighted by Gasteiger charge is 1.85. The third-order valence-electron chi connectivity index (χ3n) is 1.03. The number of nitrogens with zero attached hydrogens (tertiary/aromatic N) is 1. The summed E-state index contributed by atoms with van der Waals surface area (Å²) in [6.07, 6.45) is 3.66. The van der Waals surface area contributed by atoms with Gasteiger partial charge in [-0.25, -0.2) is 0 Å². The van der Waals surface area contributed by atoms with Crippen LogP contribution in [0.2, 0.25) is 0 Å². The van der Waals surface area contributed by atoms with Crippen LogP contribution >= 0.6 is 0 Å². The Labute approximate surface area is 56.8 Å². The van der Waals surface area contributed by atoms with Crippen LogP contribution in [-0.4, -0.2) is 5.71 Å². The molecule has 50 valence electrons. The zero-order chi connectivity index (χ0) is 7.28. The fourth-order valence-electron chi connectivity index (χ4n) is 0.297. The van der Waals surface area contributed by atoms with E-state index < -0.39 is 0 Å². The summed E-state index contributed by atoms with van der Waals surface area (Å²) >= 11 is 0. The maximum atomic E-state index is 4.08. The monoisotopic (exact) mass is 123 g/mol. The zero-order valence-corrected chi connectivity index (χ0v) is 6.31. The zero-order valence-electron chi connectivity index (χ0n) is 6.31. The first kappa shape index (κ1) is 8.15. The first-order valence-corrected chi connectivity index (χ1v) is 3.00. The molecule has 0 spiro atoms. The lowest BCUT2D eigenvalue weighted by Crippen LogP contribution is -1.88. The highest BCUT2D eigenvalue weighted by molar-refractivity contribution is 5.97. The van der Waals surface area contributed by atoms with Crippen LogP contribution in [0.15, 0.2) is 29.4 Å². The minimum absolute atomic E-state index is 0.994. The van der Waals surface area contributed by atoms with Crippen LogP contribution in [-0.2, 0) is 0 Å². The summed E-state index contributed by atoms with van der Waals surface area (Å²) in [4.78, 5) is 4.08. The molecule has 0 aliphatic heterocycles. The summed E-state index contributed by atoms with van der Waals surface area (Å²) in [6, 6.07) is 0. The average molecular weight is 123 g/mol. The molecule has 0 aliphatic carbocycles. The van der Waals surface area contributed by atoms with Gasteiger partial charge in [-0.3, -0.25) is 4.99 Å². The molecule has 0 aliphatic rings. The predicted octanol–water partition coefficient (Wildman–Crippen LogP) is 2.56. The Kier molecular flexibility index (Phi) is 3.69. The van der Waals surface area contributed by atoms with E-state index in [2.05, 4.69) is 11.6 Å². The van der Waals surface area contributed by atoms with Crippen molar-refractivity contribution in [3.63, 3.8) is 0 Å². The quantitative estimate of drug-likeness (QED) is 0.500. The molecule has 0 aromatic rings. The minimum Gasteiger partial charge on any atom is -0.262 e. The normalized spacial score (nSPS) is 12.6. The Morgan fingerprint density at radius 3 is 2.33 bits per heavy atom. The van der Waals surface area contributed by atoms with Crippen LogP contribution in [0.5, 0.6) is 0 Å². The van der Waals surface area contributed by atoms with E-state index in [1.807, 2.05) is 26.8 Å². The van der Waals surface area contributed by atoms with Crippen molar-refractivity contribution in [3.8, 4) is 0 Å². The number of hydrogen-bond acceptors (Lipinski definition) is 1. The molecule has 0 fully saturated rings. The summed E-state index contributed by atoms with van der Waals surface area (Å²) in [5.41, 5.74) is 2.02. The number of rotatable bonds is 2. The van der Waals surface area contributed by atoms with E-state index in [4.69, 9.17) is 0 Å². The minimum atomic E-state index is 0.994. The predicted molar refractivity (Wildman–Crippen MR) is 42.7 cm³/mol. The lowest BCUT2D eigenvalue weighted by Gasteiger charge is -1.91. The van der Waals surface area contributed by atoms with Gasteiger partial charge in [0.05, 0.1) is 0 Å². The molecule has 0 aromatic heterocycles. The third kappa shape index (κ3) is 3.71.